The molecule has 2 heterocycles. The number of fused-ring (bicyclic) bond motifs is 3. The summed E-state index contributed by atoms with van der Waals surface area (Å²) < 4.78 is 4.87. The quantitative estimate of drug-likeness (QED) is 0.741. The second-order valence-corrected chi connectivity index (χ2v) is 4.84. The molecular formula is C16H16N2O2. The molecule has 0 saturated carbocycles. The van der Waals surface area contributed by atoms with Crippen molar-refractivity contribution >= 4 is 27.8 Å². The molecule has 3 aromatic rings. The summed E-state index contributed by atoms with van der Waals surface area (Å²) in [5.74, 6) is -0.404. The van der Waals surface area contributed by atoms with Crippen LogP contribution in [0.4, 0.5) is 0 Å². The number of hydrogen-bond acceptors (Lipinski definition) is 3. The second kappa shape index (κ2) is 4.96. The zero-order chi connectivity index (χ0) is 14.1. The lowest BCUT2D eigenvalue weighted by Gasteiger charge is -2.12. The van der Waals surface area contributed by atoms with Crippen LogP contribution < -0.4 is 0 Å². The van der Waals surface area contributed by atoms with E-state index in [2.05, 4.69) is 9.97 Å². The van der Waals surface area contributed by atoms with Crippen LogP contribution in [0.2, 0.25) is 0 Å². The van der Waals surface area contributed by atoms with E-state index in [9.17, 15) is 4.79 Å². The predicted octanol–water partition coefficient (Wildman–Crippen LogP) is 3.38. The van der Waals surface area contributed by atoms with Crippen molar-refractivity contribution < 1.29 is 9.53 Å². The Hall–Kier alpha value is -2.36. The molecule has 4 heteroatoms. The molecule has 1 aromatic carbocycles. The van der Waals surface area contributed by atoms with Gasteiger partial charge in [-0.3, -0.25) is 9.78 Å². The molecule has 4 nitrogen and oxygen atoms in total. The third-order valence-electron chi connectivity index (χ3n) is 3.72. The van der Waals surface area contributed by atoms with Crippen LogP contribution in [0, 0.1) is 0 Å². The van der Waals surface area contributed by atoms with Gasteiger partial charge in [0.2, 0.25) is 0 Å². The Labute approximate surface area is 116 Å². The normalized spacial score (nSPS) is 12.7. The Morgan fingerprint density at radius 1 is 1.30 bits per heavy atom. The number of ether oxygens (including phenoxy) is 1. The molecular weight excluding hydrogens is 252 g/mol. The minimum Gasteiger partial charge on any atom is -0.469 e. The maximum atomic E-state index is 11.8. The number of carbonyl (C=O) groups excluding carboxylic acids is 1. The predicted molar refractivity (Wildman–Crippen MR) is 78.6 cm³/mol. The van der Waals surface area contributed by atoms with Gasteiger partial charge in [-0.1, -0.05) is 19.1 Å². The molecule has 0 aliphatic heterocycles. The van der Waals surface area contributed by atoms with Crippen LogP contribution in [-0.4, -0.2) is 23.0 Å². The van der Waals surface area contributed by atoms with Crippen LogP contribution in [-0.2, 0) is 9.53 Å². The van der Waals surface area contributed by atoms with Gasteiger partial charge in [0.05, 0.1) is 13.0 Å². The number of aromatic amines is 1. The van der Waals surface area contributed by atoms with Crippen LogP contribution >= 0.6 is 0 Å². The van der Waals surface area contributed by atoms with Crippen LogP contribution in [0.1, 0.15) is 24.8 Å². The summed E-state index contributed by atoms with van der Waals surface area (Å²) in [6, 6.07) is 8.01. The standard InChI is InChI=1S/C16H16N2O2/c1-3-11(16(19)20-2)10-4-5-12-13-9-17-7-6-14(13)18-15(12)8-10/h4-9,11,18H,3H2,1-2H3. The van der Waals surface area contributed by atoms with Crippen LogP contribution in [0.5, 0.6) is 0 Å². The summed E-state index contributed by atoms with van der Waals surface area (Å²) in [6.07, 6.45) is 4.34. The number of pyridine rings is 1. The topological polar surface area (TPSA) is 55.0 Å². The molecule has 0 amide bonds. The largest absolute Gasteiger partial charge is 0.469 e. The smallest absolute Gasteiger partial charge is 0.313 e. The molecule has 0 fully saturated rings. The Morgan fingerprint density at radius 3 is 2.90 bits per heavy atom. The number of hydrogen-bond donors (Lipinski definition) is 1. The molecule has 1 unspecified atom stereocenters. The minimum atomic E-state index is -0.214. The third-order valence-corrected chi connectivity index (χ3v) is 3.72. The summed E-state index contributed by atoms with van der Waals surface area (Å²) in [7, 11) is 1.43. The number of esters is 1. The number of aromatic nitrogens is 2. The number of nitrogens with one attached hydrogen (secondary N) is 1. The van der Waals surface area contributed by atoms with E-state index >= 15 is 0 Å². The molecule has 0 saturated heterocycles. The highest BCUT2D eigenvalue weighted by molar-refractivity contribution is 6.07. The minimum absolute atomic E-state index is 0.190. The average molecular weight is 268 g/mol. The lowest BCUT2D eigenvalue weighted by atomic mass is 9.95. The van der Waals surface area contributed by atoms with Crippen molar-refractivity contribution in [2.75, 3.05) is 7.11 Å². The van der Waals surface area contributed by atoms with Gasteiger partial charge in [0, 0.05) is 34.2 Å². The Morgan fingerprint density at radius 2 is 2.15 bits per heavy atom. The summed E-state index contributed by atoms with van der Waals surface area (Å²) in [5, 5.41) is 2.22. The fraction of sp³-hybridized carbons (Fsp3) is 0.250. The van der Waals surface area contributed by atoms with E-state index in [0.717, 1.165) is 33.8 Å². The maximum absolute atomic E-state index is 11.8. The Balaban J connectivity index is 2.15. The van der Waals surface area contributed by atoms with Crippen molar-refractivity contribution in [1.29, 1.82) is 0 Å². The van der Waals surface area contributed by atoms with E-state index < -0.39 is 0 Å². The van der Waals surface area contributed by atoms with E-state index in [-0.39, 0.29) is 11.9 Å². The van der Waals surface area contributed by atoms with Gasteiger partial charge in [-0.25, -0.2) is 0 Å². The Kier molecular flexibility index (Phi) is 3.14. The molecule has 0 aliphatic rings. The number of methoxy groups -OCH3 is 1. The second-order valence-electron chi connectivity index (χ2n) is 4.84. The molecule has 1 atom stereocenters. The van der Waals surface area contributed by atoms with Crippen LogP contribution in [0.25, 0.3) is 21.8 Å². The number of carbonyl (C=O) groups is 1. The fourth-order valence-electron chi connectivity index (χ4n) is 2.66. The molecule has 3 rings (SSSR count). The zero-order valence-corrected chi connectivity index (χ0v) is 11.5. The van der Waals surface area contributed by atoms with E-state index in [4.69, 9.17) is 4.74 Å². The van der Waals surface area contributed by atoms with Crippen molar-refractivity contribution in [1.82, 2.24) is 9.97 Å². The van der Waals surface area contributed by atoms with Gasteiger partial charge in [0.1, 0.15) is 0 Å². The van der Waals surface area contributed by atoms with Gasteiger partial charge in [0.15, 0.2) is 0 Å². The molecule has 20 heavy (non-hydrogen) atoms. The van der Waals surface area contributed by atoms with Crippen molar-refractivity contribution in [2.24, 2.45) is 0 Å². The average Bonchev–Trinajstić information content (AvgIpc) is 2.85. The lowest BCUT2D eigenvalue weighted by molar-refractivity contribution is -0.142. The summed E-state index contributed by atoms with van der Waals surface area (Å²) in [5.41, 5.74) is 3.05. The molecule has 0 spiro atoms. The highest BCUT2D eigenvalue weighted by atomic mass is 16.5. The van der Waals surface area contributed by atoms with Crippen molar-refractivity contribution in [3.63, 3.8) is 0 Å². The zero-order valence-electron chi connectivity index (χ0n) is 11.5. The van der Waals surface area contributed by atoms with Crippen molar-refractivity contribution in [3.8, 4) is 0 Å². The fourth-order valence-corrected chi connectivity index (χ4v) is 2.66. The summed E-state index contributed by atoms with van der Waals surface area (Å²) in [4.78, 5) is 19.3. The first kappa shape index (κ1) is 12.7. The molecule has 1 N–H and O–H groups in total. The molecule has 0 bridgehead atoms. The molecule has 0 aliphatic carbocycles. The van der Waals surface area contributed by atoms with Gasteiger partial charge < -0.3 is 9.72 Å². The highest BCUT2D eigenvalue weighted by Gasteiger charge is 2.20. The van der Waals surface area contributed by atoms with Crippen molar-refractivity contribution in [2.45, 2.75) is 19.3 Å². The Bertz CT molecular complexity index is 776. The summed E-state index contributed by atoms with van der Waals surface area (Å²) >= 11 is 0. The molecule has 102 valence electrons. The molecule has 0 radical (unpaired) electrons. The first-order valence-corrected chi connectivity index (χ1v) is 6.67. The van der Waals surface area contributed by atoms with Crippen LogP contribution in [0.3, 0.4) is 0 Å². The van der Waals surface area contributed by atoms with Gasteiger partial charge in [-0.05, 0) is 24.1 Å². The number of rotatable bonds is 3. The molecule has 2 aromatic heterocycles. The first-order valence-electron chi connectivity index (χ1n) is 6.67. The highest BCUT2D eigenvalue weighted by Crippen LogP contribution is 2.29. The SMILES string of the molecule is CCC(C(=O)OC)c1ccc2c(c1)[nH]c1ccncc12. The van der Waals surface area contributed by atoms with E-state index in [1.165, 1.54) is 7.11 Å². The monoisotopic (exact) mass is 268 g/mol. The van der Waals surface area contributed by atoms with Crippen molar-refractivity contribution in [3.05, 3.63) is 42.2 Å². The third kappa shape index (κ3) is 1.93. The summed E-state index contributed by atoms with van der Waals surface area (Å²) in [6.45, 7) is 1.99. The van der Waals surface area contributed by atoms with E-state index in [1.807, 2.05) is 37.4 Å². The van der Waals surface area contributed by atoms with Gasteiger partial charge >= 0.3 is 5.97 Å². The number of benzene rings is 1. The van der Waals surface area contributed by atoms with Gasteiger partial charge in [-0.15, -0.1) is 0 Å². The lowest BCUT2D eigenvalue weighted by Crippen LogP contribution is -2.13. The van der Waals surface area contributed by atoms with Crippen LogP contribution in [0.15, 0.2) is 36.7 Å². The van der Waals surface area contributed by atoms with E-state index in [0.29, 0.717) is 0 Å². The van der Waals surface area contributed by atoms with E-state index in [1.54, 1.807) is 6.20 Å². The number of H-pyrrole nitrogens is 1. The first-order chi connectivity index (χ1) is 9.74. The maximum Gasteiger partial charge on any atom is 0.313 e. The number of nitrogens with zero attached hydrogens (tertiary/aromatic N) is 1. The van der Waals surface area contributed by atoms with Gasteiger partial charge in [-0.2, -0.15) is 0 Å². The van der Waals surface area contributed by atoms with Gasteiger partial charge in [0.25, 0.3) is 0 Å².